The van der Waals surface area contributed by atoms with E-state index in [1.807, 2.05) is 0 Å². The molecule has 0 amide bonds. The van der Waals surface area contributed by atoms with Gasteiger partial charge in [-0.1, -0.05) is 0 Å². The molecule has 1 fully saturated rings. The van der Waals surface area contributed by atoms with Gasteiger partial charge in [0.1, 0.15) is 6.07 Å². The van der Waals surface area contributed by atoms with E-state index in [4.69, 9.17) is 5.26 Å². The van der Waals surface area contributed by atoms with Gasteiger partial charge in [0.2, 0.25) is 0 Å². The van der Waals surface area contributed by atoms with Crippen molar-refractivity contribution >= 4 is 5.69 Å². The zero-order chi connectivity index (χ0) is 11.5. The van der Waals surface area contributed by atoms with Crippen molar-refractivity contribution in [1.82, 2.24) is 9.88 Å². The van der Waals surface area contributed by atoms with E-state index >= 15 is 0 Å². The van der Waals surface area contributed by atoms with Gasteiger partial charge in [-0.05, 0) is 20.0 Å². The molecule has 1 aromatic rings. The molecule has 1 aliphatic rings. The molecule has 1 atom stereocenters. The number of aromatic nitrogens is 1. The summed E-state index contributed by atoms with van der Waals surface area (Å²) >= 11 is 0. The van der Waals surface area contributed by atoms with Gasteiger partial charge in [0.05, 0.1) is 17.4 Å². The monoisotopic (exact) mass is 216 g/mol. The molecule has 0 saturated carbocycles. The summed E-state index contributed by atoms with van der Waals surface area (Å²) in [6.07, 6.45) is 3.46. The summed E-state index contributed by atoms with van der Waals surface area (Å²) in [6.45, 7) is 5.15. The maximum Gasteiger partial charge on any atom is 0.101 e. The molecule has 1 aliphatic heterocycles. The SMILES string of the molecule is CC1CN(c2cnccc2C#N)CCN1C. The lowest BCUT2D eigenvalue weighted by Crippen LogP contribution is -2.50. The third kappa shape index (κ3) is 2.00. The fourth-order valence-electron chi connectivity index (χ4n) is 2.00. The molecule has 1 unspecified atom stereocenters. The van der Waals surface area contributed by atoms with Crippen LogP contribution in [0.3, 0.4) is 0 Å². The number of anilines is 1. The van der Waals surface area contributed by atoms with Crippen LogP contribution in [0.5, 0.6) is 0 Å². The Hall–Kier alpha value is -1.60. The summed E-state index contributed by atoms with van der Waals surface area (Å²) in [5, 5.41) is 9.05. The smallest absolute Gasteiger partial charge is 0.101 e. The Balaban J connectivity index is 2.22. The molecule has 0 spiro atoms. The maximum atomic E-state index is 9.05. The lowest BCUT2D eigenvalue weighted by molar-refractivity contribution is 0.234. The Morgan fingerprint density at radius 3 is 3.00 bits per heavy atom. The van der Waals surface area contributed by atoms with Crippen molar-refractivity contribution in [2.45, 2.75) is 13.0 Å². The summed E-state index contributed by atoms with van der Waals surface area (Å²) in [6, 6.07) is 4.51. The number of nitriles is 1. The van der Waals surface area contributed by atoms with Crippen LogP contribution in [-0.4, -0.2) is 42.6 Å². The largest absolute Gasteiger partial charge is 0.366 e. The number of pyridine rings is 1. The molecular weight excluding hydrogens is 200 g/mol. The van der Waals surface area contributed by atoms with Gasteiger partial charge < -0.3 is 9.80 Å². The van der Waals surface area contributed by atoms with Gasteiger partial charge in [-0.15, -0.1) is 0 Å². The Labute approximate surface area is 96.1 Å². The van der Waals surface area contributed by atoms with E-state index in [1.54, 1.807) is 18.5 Å². The fourth-order valence-corrected chi connectivity index (χ4v) is 2.00. The van der Waals surface area contributed by atoms with Gasteiger partial charge in [-0.25, -0.2) is 0 Å². The zero-order valence-corrected chi connectivity index (χ0v) is 9.72. The van der Waals surface area contributed by atoms with Crippen molar-refractivity contribution in [2.75, 3.05) is 31.6 Å². The van der Waals surface area contributed by atoms with Crippen molar-refractivity contribution in [3.63, 3.8) is 0 Å². The minimum Gasteiger partial charge on any atom is -0.366 e. The van der Waals surface area contributed by atoms with Gasteiger partial charge in [0.15, 0.2) is 0 Å². The Morgan fingerprint density at radius 2 is 2.31 bits per heavy atom. The highest BCUT2D eigenvalue weighted by Gasteiger charge is 2.22. The lowest BCUT2D eigenvalue weighted by atomic mass is 10.1. The molecule has 0 aliphatic carbocycles. The van der Waals surface area contributed by atoms with E-state index in [2.05, 4.69) is 34.8 Å². The molecule has 84 valence electrons. The topological polar surface area (TPSA) is 43.2 Å². The van der Waals surface area contributed by atoms with Crippen LogP contribution in [-0.2, 0) is 0 Å². The molecular formula is C12H16N4. The Morgan fingerprint density at radius 1 is 1.50 bits per heavy atom. The summed E-state index contributed by atoms with van der Waals surface area (Å²) in [5.74, 6) is 0. The number of hydrogen-bond donors (Lipinski definition) is 0. The molecule has 1 aromatic heterocycles. The van der Waals surface area contributed by atoms with Crippen LogP contribution in [0.4, 0.5) is 5.69 Å². The molecule has 2 rings (SSSR count). The molecule has 0 N–H and O–H groups in total. The molecule has 4 nitrogen and oxygen atoms in total. The first-order valence-corrected chi connectivity index (χ1v) is 5.51. The normalized spacial score (nSPS) is 21.8. The number of likely N-dealkylation sites (N-methyl/N-ethyl adjacent to an activating group) is 1. The summed E-state index contributed by atoms with van der Waals surface area (Å²) in [5.41, 5.74) is 1.68. The van der Waals surface area contributed by atoms with Gasteiger partial charge in [0.25, 0.3) is 0 Å². The minimum absolute atomic E-state index is 0.514. The maximum absolute atomic E-state index is 9.05. The van der Waals surface area contributed by atoms with Crippen LogP contribution < -0.4 is 4.90 Å². The molecule has 1 saturated heterocycles. The van der Waals surface area contributed by atoms with E-state index in [0.29, 0.717) is 11.6 Å². The number of piperazine rings is 1. The van der Waals surface area contributed by atoms with Crippen molar-refractivity contribution in [3.8, 4) is 6.07 Å². The third-order valence-electron chi connectivity index (χ3n) is 3.22. The number of hydrogen-bond acceptors (Lipinski definition) is 4. The van der Waals surface area contributed by atoms with Gasteiger partial charge >= 0.3 is 0 Å². The first kappa shape index (κ1) is 10.9. The van der Waals surface area contributed by atoms with E-state index < -0.39 is 0 Å². The zero-order valence-electron chi connectivity index (χ0n) is 9.72. The fraction of sp³-hybridized carbons (Fsp3) is 0.500. The van der Waals surface area contributed by atoms with E-state index in [1.165, 1.54) is 0 Å². The molecule has 0 radical (unpaired) electrons. The van der Waals surface area contributed by atoms with E-state index in [9.17, 15) is 0 Å². The quantitative estimate of drug-likeness (QED) is 0.705. The first-order valence-electron chi connectivity index (χ1n) is 5.51. The highest BCUT2D eigenvalue weighted by Crippen LogP contribution is 2.21. The number of rotatable bonds is 1. The van der Waals surface area contributed by atoms with Crippen molar-refractivity contribution in [1.29, 1.82) is 5.26 Å². The van der Waals surface area contributed by atoms with E-state index in [0.717, 1.165) is 25.3 Å². The van der Waals surface area contributed by atoms with Gasteiger partial charge in [-0.2, -0.15) is 5.26 Å². The average Bonchev–Trinajstić information content (AvgIpc) is 2.32. The molecule has 2 heterocycles. The van der Waals surface area contributed by atoms with Crippen LogP contribution in [0.1, 0.15) is 12.5 Å². The van der Waals surface area contributed by atoms with Crippen LogP contribution >= 0.6 is 0 Å². The second-order valence-electron chi connectivity index (χ2n) is 4.28. The van der Waals surface area contributed by atoms with Crippen LogP contribution in [0.15, 0.2) is 18.5 Å². The summed E-state index contributed by atoms with van der Waals surface area (Å²) in [7, 11) is 2.14. The second-order valence-corrected chi connectivity index (χ2v) is 4.28. The van der Waals surface area contributed by atoms with Crippen LogP contribution in [0, 0.1) is 11.3 Å². The van der Waals surface area contributed by atoms with Gasteiger partial charge in [0, 0.05) is 31.9 Å². The molecule has 0 bridgehead atoms. The highest BCUT2D eigenvalue weighted by molar-refractivity contribution is 5.57. The molecule has 0 aromatic carbocycles. The van der Waals surface area contributed by atoms with Gasteiger partial charge in [-0.3, -0.25) is 4.98 Å². The van der Waals surface area contributed by atoms with Crippen LogP contribution in [0.25, 0.3) is 0 Å². The highest BCUT2D eigenvalue weighted by atomic mass is 15.3. The van der Waals surface area contributed by atoms with Crippen molar-refractivity contribution in [2.24, 2.45) is 0 Å². The predicted octanol–water partition coefficient (Wildman–Crippen LogP) is 1.09. The first-order chi connectivity index (χ1) is 7.72. The minimum atomic E-state index is 0.514. The third-order valence-corrected chi connectivity index (χ3v) is 3.22. The average molecular weight is 216 g/mol. The second kappa shape index (κ2) is 4.50. The van der Waals surface area contributed by atoms with Crippen molar-refractivity contribution < 1.29 is 0 Å². The lowest BCUT2D eigenvalue weighted by Gasteiger charge is -2.39. The summed E-state index contributed by atoms with van der Waals surface area (Å²) in [4.78, 5) is 8.68. The van der Waals surface area contributed by atoms with E-state index in [-0.39, 0.29) is 0 Å². The van der Waals surface area contributed by atoms with Crippen molar-refractivity contribution in [3.05, 3.63) is 24.0 Å². The predicted molar refractivity (Wildman–Crippen MR) is 63.3 cm³/mol. The Kier molecular flexibility index (Phi) is 3.07. The van der Waals surface area contributed by atoms with Crippen LogP contribution in [0.2, 0.25) is 0 Å². The number of nitrogens with zero attached hydrogens (tertiary/aromatic N) is 4. The Bertz CT molecular complexity index is 410. The summed E-state index contributed by atoms with van der Waals surface area (Å²) < 4.78 is 0. The molecule has 16 heavy (non-hydrogen) atoms. The standard InChI is InChI=1S/C12H16N4/c1-10-9-16(6-5-15(10)2)12-8-14-4-3-11(12)7-13/h3-4,8,10H,5-6,9H2,1-2H3. The molecule has 4 heteroatoms.